The minimum absolute atomic E-state index is 0.164. The van der Waals surface area contributed by atoms with Gasteiger partial charge in [0.1, 0.15) is 23.2 Å². The molecule has 25 heavy (non-hydrogen) atoms. The molecule has 4 nitrogen and oxygen atoms in total. The van der Waals surface area contributed by atoms with Crippen LogP contribution in [0.2, 0.25) is 10.0 Å². The van der Waals surface area contributed by atoms with Gasteiger partial charge in [-0.15, -0.1) is 0 Å². The van der Waals surface area contributed by atoms with Crippen LogP contribution < -0.4 is 10.5 Å². The monoisotopic (exact) mass is 369 g/mol. The molecule has 0 radical (unpaired) electrons. The maximum atomic E-state index is 9.47. The molecule has 0 saturated carbocycles. The first-order valence-electron chi connectivity index (χ1n) is 7.34. The van der Waals surface area contributed by atoms with Crippen LogP contribution in [0.15, 0.2) is 48.5 Å². The third-order valence-corrected chi connectivity index (χ3v) is 4.51. The molecule has 0 aliphatic rings. The minimum Gasteiger partial charge on any atom is -0.497 e. The number of ether oxygens (including phenoxy) is 1. The van der Waals surface area contributed by atoms with Crippen LogP contribution >= 0.6 is 23.2 Å². The second-order valence-corrected chi connectivity index (χ2v) is 6.10. The van der Waals surface area contributed by atoms with Crippen LogP contribution in [0.5, 0.6) is 5.75 Å². The molecule has 6 heteroatoms. The third-order valence-electron chi connectivity index (χ3n) is 3.78. The van der Waals surface area contributed by atoms with Gasteiger partial charge in [-0.3, -0.25) is 0 Å². The molecule has 124 valence electrons. The molecule has 3 rings (SSSR count). The van der Waals surface area contributed by atoms with Crippen LogP contribution in [-0.4, -0.2) is 12.1 Å². The van der Waals surface area contributed by atoms with Crippen molar-refractivity contribution in [2.24, 2.45) is 0 Å². The third kappa shape index (κ3) is 3.39. The highest BCUT2D eigenvalue weighted by Crippen LogP contribution is 2.34. The number of nitrogens with two attached hydrogens (primary N) is 1. The standard InChI is InChI=1S/C19H13Cl2N3O/c1-25-13-5-2-11(3-6-13)18-9-14(15(10-22)19(23)24-18)12-4-7-16(20)17(21)8-12/h2-9H,1H3,(H2,23,24). The van der Waals surface area contributed by atoms with E-state index in [0.717, 1.165) is 16.9 Å². The smallest absolute Gasteiger partial charge is 0.142 e. The zero-order valence-corrected chi connectivity index (χ0v) is 14.8. The normalized spacial score (nSPS) is 10.3. The summed E-state index contributed by atoms with van der Waals surface area (Å²) in [6.45, 7) is 0. The molecule has 0 bridgehead atoms. The number of methoxy groups -OCH3 is 1. The zero-order chi connectivity index (χ0) is 18.0. The van der Waals surface area contributed by atoms with Gasteiger partial charge in [0.2, 0.25) is 0 Å². The molecule has 0 spiro atoms. The molecule has 0 unspecified atom stereocenters. The van der Waals surface area contributed by atoms with E-state index >= 15 is 0 Å². The van der Waals surface area contributed by atoms with Crippen LogP contribution in [0.1, 0.15) is 5.56 Å². The van der Waals surface area contributed by atoms with Crippen molar-refractivity contribution in [1.29, 1.82) is 5.26 Å². The lowest BCUT2D eigenvalue weighted by Crippen LogP contribution is -2.00. The molecular formula is C19H13Cl2N3O. The summed E-state index contributed by atoms with van der Waals surface area (Å²) in [6.07, 6.45) is 0. The Hall–Kier alpha value is -2.74. The van der Waals surface area contributed by atoms with Gasteiger partial charge in [0.25, 0.3) is 0 Å². The zero-order valence-electron chi connectivity index (χ0n) is 13.3. The summed E-state index contributed by atoms with van der Waals surface area (Å²) in [5, 5.41) is 10.3. The fourth-order valence-electron chi connectivity index (χ4n) is 2.48. The average molecular weight is 370 g/mol. The number of anilines is 1. The Morgan fingerprint density at radius 1 is 1.00 bits per heavy atom. The number of nitrogen functional groups attached to an aromatic ring is 1. The first-order valence-corrected chi connectivity index (χ1v) is 8.09. The van der Waals surface area contributed by atoms with Gasteiger partial charge >= 0.3 is 0 Å². The van der Waals surface area contributed by atoms with Crippen LogP contribution in [0, 0.1) is 11.3 Å². The Balaban J connectivity index is 2.18. The summed E-state index contributed by atoms with van der Waals surface area (Å²) in [5.74, 6) is 0.909. The highest BCUT2D eigenvalue weighted by atomic mass is 35.5. The number of nitrogens with zero attached hydrogens (tertiary/aromatic N) is 2. The molecule has 0 atom stereocenters. The number of rotatable bonds is 3. The highest BCUT2D eigenvalue weighted by Gasteiger charge is 2.14. The molecule has 0 fully saturated rings. The summed E-state index contributed by atoms with van der Waals surface area (Å²) < 4.78 is 5.17. The molecule has 0 aliphatic heterocycles. The number of hydrogen-bond acceptors (Lipinski definition) is 4. The lowest BCUT2D eigenvalue weighted by molar-refractivity contribution is 0.415. The second kappa shape index (κ2) is 7.02. The van der Waals surface area contributed by atoms with Crippen LogP contribution in [-0.2, 0) is 0 Å². The Bertz CT molecular complexity index is 979. The van der Waals surface area contributed by atoms with Crippen molar-refractivity contribution < 1.29 is 4.74 Å². The van der Waals surface area contributed by atoms with Gasteiger partial charge in [-0.2, -0.15) is 5.26 Å². The van der Waals surface area contributed by atoms with Crippen molar-refractivity contribution in [3.8, 4) is 34.2 Å². The van der Waals surface area contributed by atoms with E-state index in [9.17, 15) is 5.26 Å². The summed E-state index contributed by atoms with van der Waals surface area (Å²) in [6, 6.07) is 16.5. The predicted octanol–water partition coefficient (Wildman–Crippen LogP) is 5.18. The van der Waals surface area contributed by atoms with Gasteiger partial charge in [0.05, 0.1) is 22.8 Å². The van der Waals surface area contributed by atoms with E-state index in [4.69, 9.17) is 33.7 Å². The molecule has 2 N–H and O–H groups in total. The summed E-state index contributed by atoms with van der Waals surface area (Å²) in [5.41, 5.74) is 9.23. The second-order valence-electron chi connectivity index (χ2n) is 5.28. The maximum absolute atomic E-state index is 9.47. The lowest BCUT2D eigenvalue weighted by Gasteiger charge is -2.11. The molecule has 1 aromatic heterocycles. The highest BCUT2D eigenvalue weighted by molar-refractivity contribution is 6.42. The topological polar surface area (TPSA) is 71.9 Å². The van der Waals surface area contributed by atoms with Gasteiger partial charge < -0.3 is 10.5 Å². The SMILES string of the molecule is COc1ccc(-c2cc(-c3ccc(Cl)c(Cl)c3)c(C#N)c(N)n2)cc1. The molecular weight excluding hydrogens is 357 g/mol. The van der Waals surface area contributed by atoms with Crippen LogP contribution in [0.25, 0.3) is 22.4 Å². The molecule has 0 aliphatic carbocycles. The van der Waals surface area contributed by atoms with Crippen molar-refractivity contribution in [3.05, 3.63) is 64.1 Å². The van der Waals surface area contributed by atoms with Crippen LogP contribution in [0.3, 0.4) is 0 Å². The summed E-state index contributed by atoms with van der Waals surface area (Å²) >= 11 is 12.1. The van der Waals surface area contributed by atoms with E-state index in [2.05, 4.69) is 11.1 Å². The summed E-state index contributed by atoms with van der Waals surface area (Å²) in [4.78, 5) is 4.35. The van der Waals surface area contributed by atoms with Gasteiger partial charge in [-0.25, -0.2) is 4.98 Å². The van der Waals surface area contributed by atoms with Gasteiger partial charge in [-0.05, 0) is 48.0 Å². The number of benzene rings is 2. The van der Waals surface area contributed by atoms with Gasteiger partial charge in [0, 0.05) is 11.1 Å². The van der Waals surface area contributed by atoms with E-state index in [1.807, 2.05) is 30.3 Å². The Morgan fingerprint density at radius 3 is 2.28 bits per heavy atom. The molecule has 0 saturated heterocycles. The van der Waals surface area contributed by atoms with Gasteiger partial charge in [0.15, 0.2) is 0 Å². The number of hydrogen-bond donors (Lipinski definition) is 1. The van der Waals surface area contributed by atoms with Crippen molar-refractivity contribution in [2.75, 3.05) is 12.8 Å². The Kier molecular flexibility index (Phi) is 4.80. The number of halogens is 2. The number of aromatic nitrogens is 1. The van der Waals surface area contributed by atoms with E-state index in [-0.39, 0.29) is 5.82 Å². The van der Waals surface area contributed by atoms with Crippen molar-refractivity contribution in [1.82, 2.24) is 4.98 Å². The van der Waals surface area contributed by atoms with E-state index < -0.39 is 0 Å². The minimum atomic E-state index is 0.164. The quantitative estimate of drug-likeness (QED) is 0.689. The molecule has 0 amide bonds. The maximum Gasteiger partial charge on any atom is 0.142 e. The number of pyridine rings is 1. The van der Waals surface area contributed by atoms with Crippen molar-refractivity contribution in [2.45, 2.75) is 0 Å². The van der Waals surface area contributed by atoms with E-state index in [0.29, 0.717) is 26.9 Å². The van der Waals surface area contributed by atoms with Crippen LogP contribution in [0.4, 0.5) is 5.82 Å². The first kappa shape index (κ1) is 17.1. The molecule has 2 aromatic carbocycles. The summed E-state index contributed by atoms with van der Waals surface area (Å²) in [7, 11) is 1.61. The van der Waals surface area contributed by atoms with Crippen molar-refractivity contribution in [3.63, 3.8) is 0 Å². The fourth-order valence-corrected chi connectivity index (χ4v) is 2.78. The Morgan fingerprint density at radius 2 is 1.68 bits per heavy atom. The lowest BCUT2D eigenvalue weighted by atomic mass is 9.98. The van der Waals surface area contributed by atoms with Crippen molar-refractivity contribution >= 4 is 29.0 Å². The Labute approximate surface area is 155 Å². The van der Waals surface area contributed by atoms with E-state index in [1.165, 1.54) is 0 Å². The molecule has 1 heterocycles. The number of nitriles is 1. The predicted molar refractivity (Wildman–Crippen MR) is 101 cm³/mol. The molecule has 3 aromatic rings. The average Bonchev–Trinajstić information content (AvgIpc) is 2.63. The first-order chi connectivity index (χ1) is 12.0. The van der Waals surface area contributed by atoms with Gasteiger partial charge in [-0.1, -0.05) is 29.3 Å². The fraction of sp³-hybridized carbons (Fsp3) is 0.0526. The van der Waals surface area contributed by atoms with E-state index in [1.54, 1.807) is 25.3 Å². The largest absolute Gasteiger partial charge is 0.497 e.